The first-order chi connectivity index (χ1) is 20.3. The second-order valence-electron chi connectivity index (χ2n) is 11.9. The first-order valence-corrected chi connectivity index (χ1v) is 16.1. The molecule has 0 radical (unpaired) electrons. The van der Waals surface area contributed by atoms with Gasteiger partial charge in [0.1, 0.15) is 0 Å². The molecule has 3 aromatic heterocycles. The third-order valence-electron chi connectivity index (χ3n) is 8.32. The summed E-state index contributed by atoms with van der Waals surface area (Å²) in [6.07, 6.45) is 4.33. The molecule has 3 aromatic carbocycles. The van der Waals surface area contributed by atoms with Crippen molar-refractivity contribution < 1.29 is 0 Å². The van der Waals surface area contributed by atoms with Crippen molar-refractivity contribution in [2.24, 2.45) is 0 Å². The van der Waals surface area contributed by atoms with Gasteiger partial charge >= 0.3 is 218 Å². The Morgan fingerprint density at radius 3 is 2.26 bits per heavy atom. The number of fused-ring (bicyclic) bond motifs is 3. The summed E-state index contributed by atoms with van der Waals surface area (Å²) < 4.78 is 2.62. The maximum absolute atomic E-state index is 5.37. The van der Waals surface area contributed by atoms with E-state index in [4.69, 9.17) is 9.97 Å². The van der Waals surface area contributed by atoms with Crippen LogP contribution in [0.2, 0.25) is 0 Å². The van der Waals surface area contributed by atoms with E-state index in [1.54, 1.807) is 0 Å². The van der Waals surface area contributed by atoms with Gasteiger partial charge in [-0.1, -0.05) is 18.2 Å². The summed E-state index contributed by atoms with van der Waals surface area (Å²) >= 11 is 0.163. The number of hydrogen-bond donors (Lipinski definition) is 0. The molecule has 0 spiro atoms. The van der Waals surface area contributed by atoms with Gasteiger partial charge in [-0.05, 0) is 12.1 Å². The number of rotatable bonds is 5. The zero-order valence-corrected chi connectivity index (χ0v) is 26.4. The molecule has 0 unspecified atom stereocenters. The second-order valence-corrected chi connectivity index (χ2v) is 14.0. The van der Waals surface area contributed by atoms with Crippen LogP contribution in [0.15, 0.2) is 103 Å². The normalized spacial score (nSPS) is 13.5. The Bertz CT molecular complexity index is 1990. The Hall–Kier alpha value is -4.18. The van der Waals surface area contributed by atoms with Gasteiger partial charge in [-0.2, -0.15) is 0 Å². The molecule has 1 aliphatic heterocycles. The molecule has 0 bridgehead atoms. The van der Waals surface area contributed by atoms with Crippen LogP contribution in [-0.4, -0.2) is 31.1 Å². The predicted octanol–water partition coefficient (Wildman–Crippen LogP) is 8.51. The minimum absolute atomic E-state index is 0.163. The van der Waals surface area contributed by atoms with E-state index in [9.17, 15) is 0 Å². The van der Waals surface area contributed by atoms with Crippen molar-refractivity contribution >= 4 is 45.3 Å². The van der Waals surface area contributed by atoms with Gasteiger partial charge in [0.15, 0.2) is 0 Å². The molecule has 6 aromatic rings. The van der Waals surface area contributed by atoms with Crippen molar-refractivity contribution in [2.75, 3.05) is 16.5 Å². The summed E-state index contributed by atoms with van der Waals surface area (Å²) in [5, 5.41) is 2.59. The van der Waals surface area contributed by atoms with Crippen LogP contribution < -0.4 is 9.80 Å². The molecule has 0 aliphatic carbocycles. The number of anilines is 2. The molecular weight excluding hydrogens is 579 g/mol. The van der Waals surface area contributed by atoms with Gasteiger partial charge in [-0.25, -0.2) is 0 Å². The number of para-hydroxylation sites is 1. The molecule has 5 heteroatoms. The van der Waals surface area contributed by atoms with Crippen LogP contribution >= 0.6 is 0 Å². The molecule has 208 valence electrons. The summed E-state index contributed by atoms with van der Waals surface area (Å²) in [6, 6.07) is 33.0. The van der Waals surface area contributed by atoms with E-state index in [0.717, 1.165) is 23.8 Å². The monoisotopic (exact) mass is 614 g/mol. The molecule has 0 saturated carbocycles. The van der Waals surface area contributed by atoms with Crippen LogP contribution in [-0.2, 0) is 5.41 Å². The van der Waals surface area contributed by atoms with Crippen LogP contribution in [0.1, 0.15) is 41.9 Å². The maximum atomic E-state index is 5.37. The summed E-state index contributed by atoms with van der Waals surface area (Å²) in [5.74, 6) is 0. The molecule has 0 saturated heterocycles. The fourth-order valence-corrected chi connectivity index (χ4v) is 8.51. The Morgan fingerprint density at radius 1 is 0.690 bits per heavy atom. The number of benzene rings is 3. The molecule has 4 heterocycles. The average molecular weight is 614 g/mol. The van der Waals surface area contributed by atoms with Crippen LogP contribution in [0, 0.1) is 20.8 Å². The molecule has 7 rings (SSSR count). The van der Waals surface area contributed by atoms with Crippen molar-refractivity contribution in [2.45, 2.75) is 40.0 Å². The van der Waals surface area contributed by atoms with Crippen LogP contribution in [0.3, 0.4) is 0 Å². The molecule has 0 amide bonds. The third-order valence-corrected chi connectivity index (χ3v) is 10.7. The fraction of sp³-hybridized carbons (Fsp3) is 0.189. The summed E-state index contributed by atoms with van der Waals surface area (Å²) in [6.45, 7) is 11.8. The number of aromatic nitrogens is 2. The Kier molecular flexibility index (Phi) is 6.53. The minimum atomic E-state index is -0.283. The van der Waals surface area contributed by atoms with E-state index < -0.39 is 0 Å². The summed E-state index contributed by atoms with van der Waals surface area (Å²) in [5.41, 5.74) is 10.3. The quantitative estimate of drug-likeness (QED) is 0.183. The SMILES string of the molecule is Cc1cc(N2C=CN(c3ccccc3)C2)cc(C(C)(C)c2cc(C)cc(-c3cccc4c3[se]c3nc(C)ccc34)n2)c1. The number of aryl methyl sites for hydroxylation is 3. The summed E-state index contributed by atoms with van der Waals surface area (Å²) in [7, 11) is 0. The molecule has 0 fully saturated rings. The average Bonchev–Trinajstić information content (AvgIpc) is 3.62. The predicted molar refractivity (Wildman–Crippen MR) is 178 cm³/mol. The van der Waals surface area contributed by atoms with E-state index in [1.165, 1.54) is 53.1 Å². The molecule has 0 atom stereocenters. The Morgan fingerprint density at radius 2 is 1.45 bits per heavy atom. The van der Waals surface area contributed by atoms with E-state index in [-0.39, 0.29) is 19.9 Å². The van der Waals surface area contributed by atoms with Gasteiger partial charge in [0.25, 0.3) is 0 Å². The van der Waals surface area contributed by atoms with Crippen LogP contribution in [0.5, 0.6) is 0 Å². The van der Waals surface area contributed by atoms with Gasteiger partial charge < -0.3 is 0 Å². The van der Waals surface area contributed by atoms with Crippen molar-refractivity contribution in [3.05, 3.63) is 131 Å². The second kappa shape index (κ2) is 10.3. The first-order valence-electron chi connectivity index (χ1n) is 14.4. The van der Waals surface area contributed by atoms with E-state index in [2.05, 4.69) is 148 Å². The van der Waals surface area contributed by atoms with E-state index >= 15 is 0 Å². The van der Waals surface area contributed by atoms with Crippen molar-refractivity contribution in [3.8, 4) is 11.3 Å². The molecule has 1 aliphatic rings. The van der Waals surface area contributed by atoms with Crippen molar-refractivity contribution in [1.82, 2.24) is 9.97 Å². The number of nitrogens with zero attached hydrogens (tertiary/aromatic N) is 4. The van der Waals surface area contributed by atoms with Gasteiger partial charge in [0, 0.05) is 5.69 Å². The zero-order valence-electron chi connectivity index (χ0n) is 24.7. The Labute approximate surface area is 253 Å². The number of hydrogen-bond acceptors (Lipinski definition) is 4. The Balaban J connectivity index is 1.26. The van der Waals surface area contributed by atoms with Crippen LogP contribution in [0.25, 0.3) is 30.7 Å². The van der Waals surface area contributed by atoms with Gasteiger partial charge in [0.2, 0.25) is 0 Å². The van der Waals surface area contributed by atoms with Crippen molar-refractivity contribution in [3.63, 3.8) is 0 Å². The van der Waals surface area contributed by atoms with E-state index in [1.807, 2.05) is 0 Å². The molecule has 0 N–H and O–H groups in total. The van der Waals surface area contributed by atoms with Crippen molar-refractivity contribution in [1.29, 1.82) is 0 Å². The fourth-order valence-electron chi connectivity index (χ4n) is 5.91. The number of pyridine rings is 2. The van der Waals surface area contributed by atoms with Gasteiger partial charge in [-0.3, -0.25) is 0 Å². The zero-order chi connectivity index (χ0) is 29.0. The summed E-state index contributed by atoms with van der Waals surface area (Å²) in [4.78, 5) is 14.8. The standard InChI is InChI=1S/C37H34N4Se/c1-24-18-27(22-29(19-24)41-17-16-40(23-41)28-10-7-6-8-11-28)37(4,5)34-21-25(2)20-33(39-34)32-13-9-12-30-31-15-14-26(3)38-36(31)42-35(30)32/h6-22H,23H2,1-5H3. The molecule has 4 nitrogen and oxygen atoms in total. The van der Waals surface area contributed by atoms with E-state index in [0.29, 0.717) is 0 Å². The first kappa shape index (κ1) is 26.7. The van der Waals surface area contributed by atoms with Crippen LogP contribution in [0.4, 0.5) is 11.4 Å². The topological polar surface area (TPSA) is 32.3 Å². The van der Waals surface area contributed by atoms with Gasteiger partial charge in [-0.15, -0.1) is 0 Å². The third kappa shape index (κ3) is 4.73. The molecular formula is C37H34N4Se. The molecule has 42 heavy (non-hydrogen) atoms. The van der Waals surface area contributed by atoms with Gasteiger partial charge in [0.05, 0.1) is 0 Å².